The lowest BCUT2D eigenvalue weighted by molar-refractivity contribution is 0.338. The van der Waals surface area contributed by atoms with Crippen molar-refractivity contribution in [2.24, 2.45) is 5.92 Å². The first-order chi connectivity index (χ1) is 14.6. The van der Waals surface area contributed by atoms with Crippen LogP contribution in [0.3, 0.4) is 0 Å². The maximum atomic E-state index is 4.91. The monoisotopic (exact) mass is 538 g/mol. The molecule has 0 amide bonds. The third-order valence-corrected chi connectivity index (χ3v) is 6.54. The summed E-state index contributed by atoms with van der Waals surface area (Å²) in [4.78, 5) is 4.91. The number of rotatable bonds is 1. The van der Waals surface area contributed by atoms with Gasteiger partial charge in [0.05, 0.1) is 5.69 Å². The smallest absolute Gasteiger partial charge is 0.0514 e. The van der Waals surface area contributed by atoms with Crippen LogP contribution in [-0.4, -0.2) is 18.1 Å². The molecule has 30 heavy (non-hydrogen) atoms. The molecule has 1 N–H and O–H groups in total. The third-order valence-electron chi connectivity index (χ3n) is 5.45. The number of piperidine rings is 1. The average molecular weight is 540 g/mol. The summed E-state index contributed by atoms with van der Waals surface area (Å²) < 4.78 is 2.35. The Balaban J connectivity index is 0.000000691. The Morgan fingerprint density at radius 1 is 0.867 bits per heavy atom. The van der Waals surface area contributed by atoms with E-state index in [2.05, 4.69) is 62.3 Å². The number of benzene rings is 1. The quantitative estimate of drug-likeness (QED) is 0.394. The number of aromatic nitrogens is 1. The van der Waals surface area contributed by atoms with E-state index in [1.165, 1.54) is 45.3 Å². The molecule has 0 radical (unpaired) electrons. The van der Waals surface area contributed by atoms with Crippen LogP contribution in [0.25, 0.3) is 0 Å². The molecule has 1 atom stereocenters. The van der Waals surface area contributed by atoms with Crippen LogP contribution >= 0.6 is 31.9 Å². The van der Waals surface area contributed by atoms with Gasteiger partial charge in [-0.15, -0.1) is 0 Å². The molecule has 1 aromatic heterocycles. The summed E-state index contributed by atoms with van der Waals surface area (Å²) in [6.07, 6.45) is 6.59. The van der Waals surface area contributed by atoms with Gasteiger partial charge in [0.2, 0.25) is 0 Å². The molecule has 2 aromatic rings. The lowest BCUT2D eigenvalue weighted by Gasteiger charge is -2.32. The first-order valence-corrected chi connectivity index (χ1v) is 13.4. The molecule has 1 saturated heterocycles. The SMILES string of the molecule is CC.CC.CC.Cc1cc(Br)c2c(c1)CCc1cc(Br)cnc1C2C1CCNCC1. The molecule has 0 bridgehead atoms. The van der Waals surface area contributed by atoms with Crippen molar-refractivity contribution < 1.29 is 0 Å². The van der Waals surface area contributed by atoms with Crippen molar-refractivity contribution in [3.05, 3.63) is 61.3 Å². The van der Waals surface area contributed by atoms with E-state index >= 15 is 0 Å². The van der Waals surface area contributed by atoms with E-state index in [1.807, 2.05) is 47.7 Å². The first kappa shape index (κ1) is 27.3. The van der Waals surface area contributed by atoms with E-state index in [1.54, 1.807) is 0 Å². The molecule has 1 aliphatic carbocycles. The topological polar surface area (TPSA) is 24.9 Å². The van der Waals surface area contributed by atoms with Crippen LogP contribution in [0.4, 0.5) is 0 Å². The lowest BCUT2D eigenvalue weighted by Crippen LogP contribution is -2.32. The summed E-state index contributed by atoms with van der Waals surface area (Å²) in [6, 6.07) is 6.94. The van der Waals surface area contributed by atoms with E-state index in [-0.39, 0.29) is 0 Å². The van der Waals surface area contributed by atoms with Gasteiger partial charge in [-0.25, -0.2) is 0 Å². The maximum absolute atomic E-state index is 4.91. The number of hydrogen-bond donors (Lipinski definition) is 1. The summed E-state index contributed by atoms with van der Waals surface area (Å²) in [5.41, 5.74) is 7.03. The highest BCUT2D eigenvalue weighted by Gasteiger charge is 2.34. The molecular weight excluding hydrogens is 500 g/mol. The highest BCUT2D eigenvalue weighted by atomic mass is 79.9. The van der Waals surface area contributed by atoms with E-state index in [0.29, 0.717) is 11.8 Å². The predicted octanol–water partition coefficient (Wildman–Crippen LogP) is 8.22. The second-order valence-corrected chi connectivity index (χ2v) is 8.85. The van der Waals surface area contributed by atoms with Crippen LogP contribution in [-0.2, 0) is 12.8 Å². The molecule has 1 unspecified atom stereocenters. The maximum Gasteiger partial charge on any atom is 0.0514 e. The van der Waals surface area contributed by atoms with Crippen LogP contribution in [0.5, 0.6) is 0 Å². The van der Waals surface area contributed by atoms with Gasteiger partial charge in [0.1, 0.15) is 0 Å². The second-order valence-electron chi connectivity index (χ2n) is 7.08. The van der Waals surface area contributed by atoms with Crippen LogP contribution in [0.15, 0.2) is 33.3 Å². The molecule has 2 nitrogen and oxygen atoms in total. The van der Waals surface area contributed by atoms with Gasteiger partial charge in [-0.2, -0.15) is 0 Å². The molecule has 1 aliphatic heterocycles. The minimum Gasteiger partial charge on any atom is -0.317 e. The third kappa shape index (κ3) is 6.64. The van der Waals surface area contributed by atoms with Gasteiger partial charge >= 0.3 is 0 Å². The van der Waals surface area contributed by atoms with Crippen LogP contribution < -0.4 is 5.32 Å². The fourth-order valence-electron chi connectivity index (χ4n) is 4.40. The van der Waals surface area contributed by atoms with Gasteiger partial charge in [-0.3, -0.25) is 4.98 Å². The standard InChI is InChI=1S/C20H22Br2N2.3C2H6/c1-12-8-14-2-3-15-10-16(21)11-24-20(15)19(18(14)17(22)9-12)13-4-6-23-7-5-13;3*1-2/h8-11,13,19,23H,2-7H2,1H3;3*1-2H3. The van der Waals surface area contributed by atoms with Crippen LogP contribution in [0.2, 0.25) is 0 Å². The first-order valence-electron chi connectivity index (χ1n) is 11.8. The summed E-state index contributed by atoms with van der Waals surface area (Å²) in [5.74, 6) is 1.07. The van der Waals surface area contributed by atoms with E-state index in [0.717, 1.165) is 30.4 Å². The fraction of sp³-hybridized carbons (Fsp3) is 0.577. The molecule has 2 aliphatic rings. The van der Waals surface area contributed by atoms with Gasteiger partial charge < -0.3 is 5.32 Å². The number of nitrogens with zero attached hydrogens (tertiary/aromatic N) is 1. The molecule has 4 rings (SSSR count). The number of hydrogen-bond acceptors (Lipinski definition) is 2. The Kier molecular flexibility index (Phi) is 13.1. The number of halogens is 2. The van der Waals surface area contributed by atoms with Gasteiger partial charge in [0, 0.05) is 21.1 Å². The average Bonchev–Trinajstić information content (AvgIpc) is 2.95. The van der Waals surface area contributed by atoms with Crippen molar-refractivity contribution in [1.82, 2.24) is 10.3 Å². The molecule has 168 valence electrons. The number of aryl methyl sites for hydroxylation is 3. The Labute approximate surface area is 201 Å². The molecule has 0 saturated carbocycles. The fourth-order valence-corrected chi connectivity index (χ4v) is 5.64. The van der Waals surface area contributed by atoms with Crippen LogP contribution in [0.1, 0.15) is 88.2 Å². The van der Waals surface area contributed by atoms with Crippen molar-refractivity contribution in [2.45, 2.75) is 80.1 Å². The molecule has 1 aromatic carbocycles. The van der Waals surface area contributed by atoms with E-state index in [4.69, 9.17) is 4.98 Å². The van der Waals surface area contributed by atoms with Crippen molar-refractivity contribution >= 4 is 31.9 Å². The minimum atomic E-state index is 0.405. The highest BCUT2D eigenvalue weighted by Crippen LogP contribution is 2.45. The number of fused-ring (bicyclic) bond motifs is 2. The van der Waals surface area contributed by atoms with Crippen LogP contribution in [0, 0.1) is 12.8 Å². The van der Waals surface area contributed by atoms with E-state index < -0.39 is 0 Å². The molecule has 4 heteroatoms. The van der Waals surface area contributed by atoms with Crippen molar-refractivity contribution in [2.75, 3.05) is 13.1 Å². The normalized spacial score (nSPS) is 17.4. The Morgan fingerprint density at radius 2 is 1.47 bits per heavy atom. The minimum absolute atomic E-state index is 0.405. The van der Waals surface area contributed by atoms with Crippen molar-refractivity contribution in [3.63, 3.8) is 0 Å². The predicted molar refractivity (Wildman–Crippen MR) is 140 cm³/mol. The summed E-state index contributed by atoms with van der Waals surface area (Å²) >= 11 is 7.50. The lowest BCUT2D eigenvalue weighted by atomic mass is 9.76. The van der Waals surface area contributed by atoms with Crippen molar-refractivity contribution in [3.8, 4) is 0 Å². The van der Waals surface area contributed by atoms with Crippen molar-refractivity contribution in [1.29, 1.82) is 0 Å². The largest absolute Gasteiger partial charge is 0.317 e. The molecule has 1 fully saturated rings. The summed E-state index contributed by atoms with van der Waals surface area (Å²) in [6.45, 7) is 16.4. The van der Waals surface area contributed by atoms with E-state index in [9.17, 15) is 0 Å². The zero-order chi connectivity index (χ0) is 22.7. The molecule has 2 heterocycles. The number of pyridine rings is 1. The Morgan fingerprint density at radius 3 is 2.10 bits per heavy atom. The second kappa shape index (κ2) is 14.4. The Bertz CT molecular complexity index is 768. The summed E-state index contributed by atoms with van der Waals surface area (Å²) in [5, 5.41) is 3.51. The summed E-state index contributed by atoms with van der Waals surface area (Å²) in [7, 11) is 0. The van der Waals surface area contributed by atoms with Gasteiger partial charge in [-0.1, -0.05) is 63.5 Å². The zero-order valence-electron chi connectivity index (χ0n) is 19.9. The van der Waals surface area contributed by atoms with Gasteiger partial charge in [-0.05, 0) is 102 Å². The molecule has 0 spiro atoms. The zero-order valence-corrected chi connectivity index (χ0v) is 23.1. The number of nitrogens with one attached hydrogen (secondary N) is 1. The molecular formula is C26H40Br2N2. The van der Waals surface area contributed by atoms with Gasteiger partial charge in [0.15, 0.2) is 0 Å². The highest BCUT2D eigenvalue weighted by molar-refractivity contribution is 9.10. The Hall–Kier alpha value is -0.710. The van der Waals surface area contributed by atoms with Gasteiger partial charge in [0.25, 0.3) is 0 Å².